The van der Waals surface area contributed by atoms with Crippen molar-refractivity contribution in [1.82, 2.24) is 4.90 Å². The molecule has 0 spiro atoms. The molecule has 1 N–H and O–H groups in total. The standard InChI is InChI=1S/C21H22N2O4S2/c1-15-13-16(21(24)23(2)14-18-5-4-12-28-18)6-11-20(15)22-29(25,26)19-9-7-17(27-3)8-10-19/h4-13,22H,14H2,1-3H3. The number of methoxy groups -OCH3 is 1. The number of nitrogens with zero attached hydrogens (tertiary/aromatic N) is 1. The number of hydrogen-bond donors (Lipinski definition) is 1. The van der Waals surface area contributed by atoms with Crippen LogP contribution in [0.5, 0.6) is 5.75 Å². The molecule has 0 unspecified atom stereocenters. The second-order valence-corrected chi connectivity index (χ2v) is 9.27. The molecule has 0 fully saturated rings. The third kappa shape index (κ3) is 4.96. The van der Waals surface area contributed by atoms with E-state index in [4.69, 9.17) is 4.74 Å². The first kappa shape index (κ1) is 20.9. The number of thiophene rings is 1. The van der Waals surface area contributed by atoms with E-state index in [9.17, 15) is 13.2 Å². The first-order chi connectivity index (χ1) is 13.8. The number of amides is 1. The monoisotopic (exact) mass is 430 g/mol. The van der Waals surface area contributed by atoms with Crippen molar-refractivity contribution in [1.29, 1.82) is 0 Å². The van der Waals surface area contributed by atoms with Crippen molar-refractivity contribution < 1.29 is 17.9 Å². The minimum Gasteiger partial charge on any atom is -0.497 e. The average molecular weight is 431 g/mol. The number of carbonyl (C=O) groups excluding carboxylic acids is 1. The van der Waals surface area contributed by atoms with Crippen LogP contribution >= 0.6 is 11.3 Å². The van der Waals surface area contributed by atoms with E-state index in [2.05, 4.69) is 4.72 Å². The van der Waals surface area contributed by atoms with Gasteiger partial charge in [0, 0.05) is 17.5 Å². The summed E-state index contributed by atoms with van der Waals surface area (Å²) in [6.45, 7) is 2.29. The molecule has 8 heteroatoms. The normalized spacial score (nSPS) is 11.1. The lowest BCUT2D eigenvalue weighted by atomic mass is 10.1. The van der Waals surface area contributed by atoms with Crippen molar-refractivity contribution in [3.63, 3.8) is 0 Å². The van der Waals surface area contributed by atoms with Crippen molar-refractivity contribution in [2.24, 2.45) is 0 Å². The second-order valence-electron chi connectivity index (χ2n) is 6.55. The summed E-state index contributed by atoms with van der Waals surface area (Å²) in [5.74, 6) is 0.459. The molecule has 3 rings (SSSR count). The van der Waals surface area contributed by atoms with Gasteiger partial charge in [-0.25, -0.2) is 8.42 Å². The van der Waals surface area contributed by atoms with Crippen molar-refractivity contribution in [3.8, 4) is 5.75 Å². The van der Waals surface area contributed by atoms with Crippen LogP contribution in [0.4, 0.5) is 5.69 Å². The van der Waals surface area contributed by atoms with Crippen LogP contribution in [0.2, 0.25) is 0 Å². The molecule has 1 aromatic heterocycles. The Labute approximate surface area is 174 Å². The maximum Gasteiger partial charge on any atom is 0.261 e. The van der Waals surface area contributed by atoms with Crippen LogP contribution < -0.4 is 9.46 Å². The summed E-state index contributed by atoms with van der Waals surface area (Å²) in [4.78, 5) is 15.6. The number of sulfonamides is 1. The summed E-state index contributed by atoms with van der Waals surface area (Å²) in [7, 11) is -0.477. The fourth-order valence-corrected chi connectivity index (χ4v) is 4.69. The molecule has 0 bridgehead atoms. The number of anilines is 1. The van der Waals surface area contributed by atoms with Gasteiger partial charge < -0.3 is 9.64 Å². The van der Waals surface area contributed by atoms with Gasteiger partial charge in [-0.2, -0.15) is 0 Å². The summed E-state index contributed by atoms with van der Waals surface area (Å²) >= 11 is 1.60. The third-order valence-electron chi connectivity index (χ3n) is 4.41. The van der Waals surface area contributed by atoms with E-state index >= 15 is 0 Å². The predicted molar refractivity (Wildman–Crippen MR) is 115 cm³/mol. The molecule has 3 aromatic rings. The predicted octanol–water partition coefficient (Wildman–Crippen LogP) is 4.14. The van der Waals surface area contributed by atoms with E-state index in [-0.39, 0.29) is 10.8 Å². The Kier molecular flexibility index (Phi) is 6.24. The third-order valence-corrected chi connectivity index (χ3v) is 6.65. The largest absolute Gasteiger partial charge is 0.497 e. The van der Waals surface area contributed by atoms with Crippen molar-refractivity contribution >= 4 is 33.0 Å². The highest BCUT2D eigenvalue weighted by molar-refractivity contribution is 7.92. The zero-order valence-corrected chi connectivity index (χ0v) is 18.0. The molecule has 0 saturated carbocycles. The Balaban J connectivity index is 1.75. The van der Waals surface area contributed by atoms with Crippen molar-refractivity contribution in [3.05, 3.63) is 76.0 Å². The molecule has 2 aromatic carbocycles. The zero-order valence-electron chi connectivity index (χ0n) is 16.4. The van der Waals surface area contributed by atoms with E-state index in [1.165, 1.54) is 19.2 Å². The van der Waals surface area contributed by atoms with E-state index < -0.39 is 10.0 Å². The quantitative estimate of drug-likeness (QED) is 0.611. The summed E-state index contributed by atoms with van der Waals surface area (Å²) in [5.41, 5.74) is 1.60. The maximum atomic E-state index is 12.7. The van der Waals surface area contributed by atoms with E-state index in [0.29, 0.717) is 29.1 Å². The lowest BCUT2D eigenvalue weighted by Crippen LogP contribution is -2.26. The van der Waals surface area contributed by atoms with Crippen LogP contribution in [0.25, 0.3) is 0 Å². The molecule has 1 amide bonds. The van der Waals surface area contributed by atoms with Gasteiger partial charge in [0.2, 0.25) is 0 Å². The first-order valence-electron chi connectivity index (χ1n) is 8.85. The van der Waals surface area contributed by atoms with Gasteiger partial charge in [-0.3, -0.25) is 9.52 Å². The maximum absolute atomic E-state index is 12.7. The van der Waals surface area contributed by atoms with Gasteiger partial charge in [-0.1, -0.05) is 6.07 Å². The molecule has 152 valence electrons. The smallest absolute Gasteiger partial charge is 0.261 e. The number of nitrogens with one attached hydrogen (secondary N) is 1. The molecule has 0 aliphatic carbocycles. The Morgan fingerprint density at radius 3 is 2.45 bits per heavy atom. The topological polar surface area (TPSA) is 75.7 Å². The van der Waals surface area contributed by atoms with Crippen LogP contribution in [0.1, 0.15) is 20.8 Å². The Hall–Kier alpha value is -2.84. The highest BCUT2D eigenvalue weighted by atomic mass is 32.2. The van der Waals surface area contributed by atoms with Crippen LogP contribution in [0.3, 0.4) is 0 Å². The SMILES string of the molecule is COc1ccc(S(=O)(=O)Nc2ccc(C(=O)N(C)Cc3cccs3)cc2C)cc1. The van der Waals surface area contributed by atoms with Gasteiger partial charge in [0.15, 0.2) is 0 Å². The molecule has 6 nitrogen and oxygen atoms in total. The molecule has 0 aliphatic rings. The minimum absolute atomic E-state index is 0.119. The van der Waals surface area contributed by atoms with Gasteiger partial charge in [0.1, 0.15) is 5.75 Å². The molecule has 29 heavy (non-hydrogen) atoms. The Bertz CT molecular complexity index is 1090. The molecule has 1 heterocycles. The van der Waals surface area contributed by atoms with Gasteiger partial charge in [-0.15, -0.1) is 11.3 Å². The van der Waals surface area contributed by atoms with Crippen molar-refractivity contribution in [2.45, 2.75) is 18.4 Å². The van der Waals surface area contributed by atoms with E-state index in [0.717, 1.165) is 4.88 Å². The molecule has 0 radical (unpaired) electrons. The van der Waals surface area contributed by atoms with Gasteiger partial charge in [-0.05, 0) is 66.4 Å². The zero-order chi connectivity index (χ0) is 21.0. The number of hydrogen-bond acceptors (Lipinski definition) is 5. The second kappa shape index (κ2) is 8.67. The fraction of sp³-hybridized carbons (Fsp3) is 0.190. The van der Waals surface area contributed by atoms with Crippen LogP contribution in [0, 0.1) is 6.92 Å². The van der Waals surface area contributed by atoms with Crippen LogP contribution in [-0.2, 0) is 16.6 Å². The lowest BCUT2D eigenvalue weighted by Gasteiger charge is -2.17. The first-order valence-corrected chi connectivity index (χ1v) is 11.2. The number of rotatable bonds is 7. The number of carbonyl (C=O) groups is 1. The van der Waals surface area contributed by atoms with Crippen LogP contribution in [0.15, 0.2) is 64.9 Å². The van der Waals surface area contributed by atoms with Gasteiger partial charge in [0.05, 0.1) is 24.2 Å². The minimum atomic E-state index is -3.74. The molecule has 0 saturated heterocycles. The fourth-order valence-electron chi connectivity index (χ4n) is 2.80. The Morgan fingerprint density at radius 2 is 1.86 bits per heavy atom. The van der Waals surface area contributed by atoms with Crippen molar-refractivity contribution in [2.75, 3.05) is 18.9 Å². The highest BCUT2D eigenvalue weighted by Gasteiger charge is 2.18. The molecule has 0 aliphatic heterocycles. The van der Waals surface area contributed by atoms with Gasteiger partial charge >= 0.3 is 0 Å². The van der Waals surface area contributed by atoms with E-state index in [1.54, 1.807) is 60.5 Å². The molecule has 0 atom stereocenters. The lowest BCUT2D eigenvalue weighted by molar-refractivity contribution is 0.0786. The average Bonchev–Trinajstić information content (AvgIpc) is 3.22. The molecular formula is C21H22N2O4S2. The summed E-state index contributed by atoms with van der Waals surface area (Å²) < 4.78 is 32.9. The van der Waals surface area contributed by atoms with Crippen LogP contribution in [-0.4, -0.2) is 33.4 Å². The van der Waals surface area contributed by atoms with E-state index in [1.807, 2.05) is 17.5 Å². The molecular weight excluding hydrogens is 408 g/mol. The summed E-state index contributed by atoms with van der Waals surface area (Å²) in [5, 5.41) is 1.97. The summed E-state index contributed by atoms with van der Waals surface area (Å²) in [6, 6.07) is 15.0. The van der Waals surface area contributed by atoms with Gasteiger partial charge in [0.25, 0.3) is 15.9 Å². The summed E-state index contributed by atoms with van der Waals surface area (Å²) in [6.07, 6.45) is 0. The highest BCUT2D eigenvalue weighted by Crippen LogP contribution is 2.23. The number of aryl methyl sites for hydroxylation is 1. The number of ether oxygens (including phenoxy) is 1. The Morgan fingerprint density at radius 1 is 1.14 bits per heavy atom. The number of benzene rings is 2.